The van der Waals surface area contributed by atoms with Crippen LogP contribution in [0.4, 0.5) is 11.4 Å². The fraction of sp³-hybridized carbons (Fsp3) is 0. The third-order valence-corrected chi connectivity index (χ3v) is 12.1. The predicted octanol–water partition coefficient (Wildman–Crippen LogP) is 14.5. The fourth-order valence-corrected chi connectivity index (χ4v) is 9.02. The van der Waals surface area contributed by atoms with Gasteiger partial charge in [0.05, 0.1) is 16.7 Å². The molecule has 12 rings (SSSR count). The van der Waals surface area contributed by atoms with E-state index < -0.39 is 0 Å². The summed E-state index contributed by atoms with van der Waals surface area (Å²) in [5, 5.41) is 7.01. The lowest BCUT2D eigenvalue weighted by Gasteiger charge is -2.28. The smallest absolute Gasteiger partial charge is 0.164 e. The molecule has 0 amide bonds. The molecule has 0 aliphatic carbocycles. The van der Waals surface area contributed by atoms with E-state index in [0.29, 0.717) is 17.5 Å². The van der Waals surface area contributed by atoms with E-state index >= 15 is 0 Å². The molecule has 0 bridgehead atoms. The summed E-state index contributed by atoms with van der Waals surface area (Å²) in [5.41, 5.74) is 12.7. The molecular weight excluding hydrogens is 755 g/mol. The van der Waals surface area contributed by atoms with Gasteiger partial charge in [-0.3, -0.25) is 0 Å². The maximum absolute atomic E-state index is 5.00. The summed E-state index contributed by atoms with van der Waals surface area (Å²) < 4.78 is 2.40. The molecule has 11 aromatic rings. The first-order chi connectivity index (χ1) is 30.6. The van der Waals surface area contributed by atoms with Crippen molar-refractivity contribution in [3.05, 3.63) is 230 Å². The number of nitrogens with zero attached hydrogens (tertiary/aromatic N) is 5. The van der Waals surface area contributed by atoms with Crippen molar-refractivity contribution >= 4 is 66.4 Å². The first kappa shape index (κ1) is 35.5. The van der Waals surface area contributed by atoms with Gasteiger partial charge in [-0.1, -0.05) is 158 Å². The third-order valence-electron chi connectivity index (χ3n) is 12.1. The van der Waals surface area contributed by atoms with Crippen LogP contribution in [-0.4, -0.2) is 19.5 Å². The number of hydrogen-bond donors (Lipinski definition) is 0. The molecule has 62 heavy (non-hydrogen) atoms. The van der Waals surface area contributed by atoms with Gasteiger partial charge in [-0.2, -0.15) is 0 Å². The number of fused-ring (bicyclic) bond motifs is 7. The van der Waals surface area contributed by atoms with Crippen LogP contribution in [0.5, 0.6) is 0 Å². The van der Waals surface area contributed by atoms with Gasteiger partial charge in [0.2, 0.25) is 0 Å². The molecule has 1 aliphatic heterocycles. The normalized spacial score (nSPS) is 13.0. The van der Waals surface area contributed by atoms with E-state index in [1.165, 1.54) is 21.5 Å². The van der Waals surface area contributed by atoms with E-state index in [4.69, 9.17) is 21.5 Å². The lowest BCUT2D eigenvalue weighted by Crippen LogP contribution is -2.13. The van der Waals surface area contributed by atoms with Crippen LogP contribution in [-0.2, 0) is 0 Å². The zero-order chi connectivity index (χ0) is 41.1. The molecule has 0 saturated heterocycles. The molecule has 0 radical (unpaired) electrons. The van der Waals surface area contributed by atoms with Crippen LogP contribution >= 0.6 is 0 Å². The van der Waals surface area contributed by atoms with Crippen molar-refractivity contribution in [2.45, 2.75) is 0 Å². The molecule has 0 saturated carbocycles. The minimum Gasteiger partial charge on any atom is -0.316 e. The second kappa shape index (κ2) is 14.4. The van der Waals surface area contributed by atoms with E-state index in [-0.39, 0.29) is 0 Å². The third kappa shape index (κ3) is 5.98. The Balaban J connectivity index is 1.01. The number of anilines is 2. The largest absolute Gasteiger partial charge is 0.316 e. The van der Waals surface area contributed by atoms with Crippen molar-refractivity contribution in [2.24, 2.45) is 0 Å². The van der Waals surface area contributed by atoms with Gasteiger partial charge in [0.1, 0.15) is 0 Å². The molecule has 0 spiro atoms. The van der Waals surface area contributed by atoms with Crippen LogP contribution < -0.4 is 4.90 Å². The fourth-order valence-electron chi connectivity index (χ4n) is 9.02. The predicted molar refractivity (Wildman–Crippen MR) is 258 cm³/mol. The summed E-state index contributed by atoms with van der Waals surface area (Å²) in [5.74, 6) is 1.92. The van der Waals surface area contributed by atoms with E-state index in [1.807, 2.05) is 60.7 Å². The molecular formula is C57H37N5. The monoisotopic (exact) mass is 791 g/mol. The SMILES string of the molecule is C=C1c2ccccc2/C=C\N(c2ccc3cc(-c4nc(-c5ccccc5)nc(-c5ccccc5)n4)ccc3c2)c2cc3c4ccccc4n(-c4ccc5ccccc5c4)c3cc21. The highest BCUT2D eigenvalue weighted by atomic mass is 15.1. The molecule has 2 aromatic heterocycles. The van der Waals surface area contributed by atoms with Crippen LogP contribution in [0.2, 0.25) is 0 Å². The molecule has 5 heteroatoms. The Morgan fingerprint density at radius 2 is 0.968 bits per heavy atom. The van der Waals surface area contributed by atoms with Crippen molar-refractivity contribution in [1.82, 2.24) is 19.5 Å². The van der Waals surface area contributed by atoms with Crippen LogP contribution in [0.3, 0.4) is 0 Å². The molecule has 0 unspecified atom stereocenters. The standard InChI is InChI=1S/C57H37N5/c1-37-48-21-11-10-15-39(48)30-31-61(53-36-51-49-22-12-13-23-52(49)62(54(51)35-50(37)53)47-29-26-38-14-8-9-20-42(38)34-47)46-28-27-43-32-45(25-24-44(43)33-46)57-59-55(40-16-4-2-5-17-40)58-56(60-57)41-18-6-3-7-19-41/h2-36H,1H2/b31-30-. The van der Waals surface area contributed by atoms with E-state index in [0.717, 1.165) is 77.8 Å². The van der Waals surface area contributed by atoms with Crippen molar-refractivity contribution in [2.75, 3.05) is 4.90 Å². The topological polar surface area (TPSA) is 46.8 Å². The summed E-state index contributed by atoms with van der Waals surface area (Å²) in [6.07, 6.45) is 4.41. The van der Waals surface area contributed by atoms with E-state index in [9.17, 15) is 0 Å². The highest BCUT2D eigenvalue weighted by Crippen LogP contribution is 2.44. The van der Waals surface area contributed by atoms with Gasteiger partial charge >= 0.3 is 0 Å². The zero-order valence-electron chi connectivity index (χ0n) is 33.7. The first-order valence-corrected chi connectivity index (χ1v) is 20.9. The van der Waals surface area contributed by atoms with Gasteiger partial charge in [0.15, 0.2) is 17.5 Å². The van der Waals surface area contributed by atoms with Crippen molar-refractivity contribution in [3.63, 3.8) is 0 Å². The summed E-state index contributed by atoms with van der Waals surface area (Å²) in [6.45, 7) is 4.78. The molecule has 9 aromatic carbocycles. The number of rotatable bonds is 5. The van der Waals surface area contributed by atoms with Gasteiger partial charge in [0.25, 0.3) is 0 Å². The maximum atomic E-state index is 5.00. The van der Waals surface area contributed by atoms with E-state index in [2.05, 4.69) is 161 Å². The Hall–Kier alpha value is -8.41. The first-order valence-electron chi connectivity index (χ1n) is 20.9. The second-order valence-electron chi connectivity index (χ2n) is 15.8. The molecule has 0 atom stereocenters. The van der Waals surface area contributed by atoms with Gasteiger partial charge < -0.3 is 9.47 Å². The Labute approximate surface area is 358 Å². The highest BCUT2D eigenvalue weighted by Gasteiger charge is 2.23. The summed E-state index contributed by atoms with van der Waals surface area (Å²) in [6, 6.07) is 70.6. The van der Waals surface area contributed by atoms with Crippen LogP contribution in [0.15, 0.2) is 213 Å². The average molecular weight is 792 g/mol. The molecule has 0 N–H and O–H groups in total. The average Bonchev–Trinajstić information content (AvgIpc) is 3.66. The summed E-state index contributed by atoms with van der Waals surface area (Å²) in [4.78, 5) is 17.2. The Bertz CT molecular complexity index is 3550. The Morgan fingerprint density at radius 3 is 1.76 bits per heavy atom. The molecule has 290 valence electrons. The lowest BCUT2D eigenvalue weighted by atomic mass is 9.91. The molecule has 5 nitrogen and oxygen atoms in total. The molecule has 3 heterocycles. The minimum absolute atomic E-state index is 0.633. The number of aromatic nitrogens is 4. The van der Waals surface area contributed by atoms with Gasteiger partial charge in [-0.25, -0.2) is 15.0 Å². The maximum Gasteiger partial charge on any atom is 0.164 e. The second-order valence-corrected chi connectivity index (χ2v) is 15.8. The zero-order valence-corrected chi connectivity index (χ0v) is 33.7. The van der Waals surface area contributed by atoms with Gasteiger partial charge in [0, 0.05) is 50.6 Å². The highest BCUT2D eigenvalue weighted by molar-refractivity contribution is 6.13. The van der Waals surface area contributed by atoms with Crippen molar-refractivity contribution in [3.8, 4) is 39.9 Å². The van der Waals surface area contributed by atoms with Crippen molar-refractivity contribution in [1.29, 1.82) is 0 Å². The summed E-state index contributed by atoms with van der Waals surface area (Å²) >= 11 is 0. The number of hydrogen-bond acceptors (Lipinski definition) is 4. The van der Waals surface area contributed by atoms with Crippen LogP contribution in [0.1, 0.15) is 16.7 Å². The number of para-hydroxylation sites is 1. The van der Waals surface area contributed by atoms with Crippen LogP contribution in [0, 0.1) is 0 Å². The van der Waals surface area contributed by atoms with E-state index in [1.54, 1.807) is 0 Å². The van der Waals surface area contributed by atoms with Crippen LogP contribution in [0.25, 0.3) is 94.9 Å². The molecule has 1 aliphatic rings. The van der Waals surface area contributed by atoms with Gasteiger partial charge in [-0.05, 0) is 92.9 Å². The molecule has 0 fully saturated rings. The lowest BCUT2D eigenvalue weighted by molar-refractivity contribution is 1.07. The van der Waals surface area contributed by atoms with Crippen molar-refractivity contribution < 1.29 is 0 Å². The minimum atomic E-state index is 0.633. The number of benzene rings is 9. The summed E-state index contributed by atoms with van der Waals surface area (Å²) in [7, 11) is 0. The Kier molecular flexibility index (Phi) is 8.25. The van der Waals surface area contributed by atoms with Gasteiger partial charge in [-0.15, -0.1) is 0 Å². The Morgan fingerprint density at radius 1 is 0.387 bits per heavy atom. The quantitative estimate of drug-likeness (QED) is 0.174.